The smallest absolute Gasteiger partial charge is 0.369 e. The molecule has 0 aliphatic rings. The number of hydrogen-bond donors (Lipinski definition) is 2. The summed E-state index contributed by atoms with van der Waals surface area (Å²) in [6.45, 7) is 0. The number of aromatic nitrogens is 2. The highest BCUT2D eigenvalue weighted by Crippen LogP contribution is 2.32. The Morgan fingerprint density at radius 1 is 1.31 bits per heavy atom. The second-order valence-electron chi connectivity index (χ2n) is 3.15. The van der Waals surface area contributed by atoms with Gasteiger partial charge in [0.1, 0.15) is 0 Å². The summed E-state index contributed by atoms with van der Waals surface area (Å²) in [5.74, 6) is -0.339. The Kier molecular flexibility index (Phi) is 2.11. The number of fused-ring (bicyclic) bond motifs is 1. The lowest BCUT2D eigenvalue weighted by Crippen LogP contribution is -2.14. The van der Waals surface area contributed by atoms with Gasteiger partial charge in [-0.15, -0.1) is 0 Å². The molecule has 0 spiro atoms. The molecule has 4 nitrogen and oxygen atoms in total. The zero-order valence-electron chi connectivity index (χ0n) is 7.80. The van der Waals surface area contributed by atoms with Crippen LogP contribution in [0.3, 0.4) is 0 Å². The van der Waals surface area contributed by atoms with Crippen molar-refractivity contribution in [3.05, 3.63) is 34.1 Å². The van der Waals surface area contributed by atoms with E-state index in [1.165, 1.54) is 6.07 Å². The number of nitrogen functional groups attached to an aromatic ring is 1. The summed E-state index contributed by atoms with van der Waals surface area (Å²) in [5, 5.41) is -0.135. The van der Waals surface area contributed by atoms with Crippen molar-refractivity contribution in [2.24, 2.45) is 0 Å². The number of halogens is 3. The predicted molar refractivity (Wildman–Crippen MR) is 51.8 cm³/mol. The van der Waals surface area contributed by atoms with Crippen LogP contribution in [0.2, 0.25) is 0 Å². The molecule has 3 N–H and O–H groups in total. The van der Waals surface area contributed by atoms with E-state index >= 15 is 0 Å². The van der Waals surface area contributed by atoms with E-state index in [0.29, 0.717) is 0 Å². The van der Waals surface area contributed by atoms with E-state index in [-0.39, 0.29) is 11.3 Å². The summed E-state index contributed by atoms with van der Waals surface area (Å²) < 4.78 is 37.8. The van der Waals surface area contributed by atoms with Gasteiger partial charge in [0, 0.05) is 0 Å². The lowest BCUT2D eigenvalue weighted by molar-refractivity contribution is -0.136. The molecule has 84 valence electrons. The van der Waals surface area contributed by atoms with Gasteiger partial charge in [-0.3, -0.25) is 9.78 Å². The molecule has 2 aromatic rings. The second-order valence-corrected chi connectivity index (χ2v) is 3.15. The van der Waals surface area contributed by atoms with Crippen LogP contribution in [0.4, 0.5) is 19.1 Å². The molecule has 0 saturated heterocycles. The summed E-state index contributed by atoms with van der Waals surface area (Å²) >= 11 is 0. The van der Waals surface area contributed by atoms with Crippen LogP contribution >= 0.6 is 0 Å². The molecule has 2 rings (SSSR count). The fraction of sp³-hybridized carbons (Fsp3) is 0.111. The van der Waals surface area contributed by atoms with E-state index < -0.39 is 22.8 Å². The third-order valence-electron chi connectivity index (χ3n) is 2.06. The minimum absolute atomic E-state index is 0.135. The van der Waals surface area contributed by atoms with Crippen molar-refractivity contribution in [1.29, 1.82) is 0 Å². The van der Waals surface area contributed by atoms with E-state index in [0.717, 1.165) is 12.1 Å². The van der Waals surface area contributed by atoms with Crippen molar-refractivity contribution in [2.45, 2.75) is 6.18 Å². The van der Waals surface area contributed by atoms with E-state index in [2.05, 4.69) is 9.97 Å². The Morgan fingerprint density at radius 2 is 2.00 bits per heavy atom. The third kappa shape index (κ3) is 1.60. The van der Waals surface area contributed by atoms with E-state index in [1.807, 2.05) is 0 Å². The van der Waals surface area contributed by atoms with Crippen LogP contribution in [-0.2, 0) is 6.18 Å². The zero-order chi connectivity index (χ0) is 11.9. The quantitative estimate of drug-likeness (QED) is 0.719. The summed E-state index contributed by atoms with van der Waals surface area (Å²) in [5.41, 5.74) is 3.11. The largest absolute Gasteiger partial charge is 0.418 e. The fourth-order valence-electron chi connectivity index (χ4n) is 1.41. The third-order valence-corrected chi connectivity index (χ3v) is 2.06. The van der Waals surface area contributed by atoms with Gasteiger partial charge >= 0.3 is 6.18 Å². The maximum Gasteiger partial charge on any atom is 0.418 e. The number of nitrogens with zero attached hydrogens (tertiary/aromatic N) is 1. The van der Waals surface area contributed by atoms with E-state index in [4.69, 9.17) is 5.73 Å². The first-order valence-electron chi connectivity index (χ1n) is 4.25. The monoisotopic (exact) mass is 229 g/mol. The number of rotatable bonds is 0. The van der Waals surface area contributed by atoms with Crippen LogP contribution in [-0.4, -0.2) is 9.97 Å². The van der Waals surface area contributed by atoms with Crippen LogP contribution in [0, 0.1) is 0 Å². The Labute approximate surface area is 86.9 Å². The molecule has 0 amide bonds. The van der Waals surface area contributed by atoms with Gasteiger partial charge in [-0.2, -0.15) is 13.2 Å². The molecule has 0 atom stereocenters. The van der Waals surface area contributed by atoms with Gasteiger partial charge in [0.15, 0.2) is 0 Å². The molecule has 1 aromatic heterocycles. The number of nitrogens with two attached hydrogens (primary N) is 1. The number of para-hydroxylation sites is 1. The number of hydrogen-bond acceptors (Lipinski definition) is 3. The summed E-state index contributed by atoms with van der Waals surface area (Å²) in [6.07, 6.45) is -4.56. The molecule has 1 aromatic carbocycles. The van der Waals surface area contributed by atoms with Gasteiger partial charge in [-0.1, -0.05) is 6.07 Å². The maximum absolute atomic E-state index is 12.6. The van der Waals surface area contributed by atoms with Crippen molar-refractivity contribution in [1.82, 2.24) is 9.97 Å². The topological polar surface area (TPSA) is 71.8 Å². The summed E-state index contributed by atoms with van der Waals surface area (Å²) in [4.78, 5) is 17.0. The first-order valence-corrected chi connectivity index (χ1v) is 4.25. The second kappa shape index (κ2) is 3.22. The molecule has 1 heterocycles. The van der Waals surface area contributed by atoms with Crippen molar-refractivity contribution in [2.75, 3.05) is 5.73 Å². The van der Waals surface area contributed by atoms with Crippen molar-refractivity contribution >= 4 is 16.9 Å². The first-order chi connectivity index (χ1) is 7.39. The Hall–Kier alpha value is -2.05. The van der Waals surface area contributed by atoms with E-state index in [1.54, 1.807) is 0 Å². The van der Waals surface area contributed by atoms with Crippen molar-refractivity contribution in [3.8, 4) is 0 Å². The molecule has 0 fully saturated rings. The number of H-pyrrole nitrogens is 1. The van der Waals surface area contributed by atoms with Crippen LogP contribution in [0.5, 0.6) is 0 Å². The zero-order valence-corrected chi connectivity index (χ0v) is 7.80. The Bertz CT molecular complexity index is 603. The summed E-state index contributed by atoms with van der Waals surface area (Å²) in [6, 6.07) is 3.27. The Morgan fingerprint density at radius 3 is 2.62 bits per heavy atom. The Balaban J connectivity index is 2.93. The maximum atomic E-state index is 12.6. The molecule has 0 unspecified atom stereocenters. The highest BCUT2D eigenvalue weighted by molar-refractivity contribution is 5.82. The fourth-order valence-corrected chi connectivity index (χ4v) is 1.41. The van der Waals surface area contributed by atoms with Gasteiger partial charge < -0.3 is 5.73 Å². The number of aromatic amines is 1. The highest BCUT2D eigenvalue weighted by Gasteiger charge is 2.33. The number of nitrogens with one attached hydrogen (secondary N) is 1. The minimum Gasteiger partial charge on any atom is -0.369 e. The molecule has 0 aliphatic carbocycles. The number of benzene rings is 1. The highest BCUT2D eigenvalue weighted by atomic mass is 19.4. The van der Waals surface area contributed by atoms with Crippen molar-refractivity contribution in [3.63, 3.8) is 0 Å². The lowest BCUT2D eigenvalue weighted by atomic mass is 10.1. The van der Waals surface area contributed by atoms with Crippen LogP contribution in [0.1, 0.15) is 5.56 Å². The average Bonchev–Trinajstić information content (AvgIpc) is 2.15. The molecule has 0 radical (unpaired) electrons. The number of anilines is 1. The van der Waals surface area contributed by atoms with Crippen LogP contribution in [0.15, 0.2) is 23.0 Å². The molecular formula is C9H6F3N3O. The van der Waals surface area contributed by atoms with Gasteiger partial charge in [-0.25, -0.2) is 4.98 Å². The molecule has 16 heavy (non-hydrogen) atoms. The number of alkyl halides is 3. The van der Waals surface area contributed by atoms with Crippen LogP contribution in [0.25, 0.3) is 10.9 Å². The van der Waals surface area contributed by atoms with Gasteiger partial charge in [0.25, 0.3) is 5.56 Å². The molecule has 7 heteroatoms. The SMILES string of the molecule is Nc1nc2c(C(F)(F)F)cccc2c(=O)[nH]1. The first kappa shape index (κ1) is 10.5. The normalized spacial score (nSPS) is 11.9. The van der Waals surface area contributed by atoms with E-state index in [9.17, 15) is 18.0 Å². The summed E-state index contributed by atoms with van der Waals surface area (Å²) in [7, 11) is 0. The minimum atomic E-state index is -4.56. The molecule has 0 aliphatic heterocycles. The average molecular weight is 229 g/mol. The molecular weight excluding hydrogens is 223 g/mol. The van der Waals surface area contributed by atoms with Gasteiger partial charge in [0.05, 0.1) is 16.5 Å². The molecule has 0 saturated carbocycles. The van der Waals surface area contributed by atoms with Gasteiger partial charge in [0.2, 0.25) is 5.95 Å². The lowest BCUT2D eigenvalue weighted by Gasteiger charge is -2.08. The molecule has 0 bridgehead atoms. The van der Waals surface area contributed by atoms with Crippen molar-refractivity contribution < 1.29 is 13.2 Å². The van der Waals surface area contributed by atoms with Crippen LogP contribution < -0.4 is 11.3 Å². The standard InChI is InChI=1S/C9H6F3N3O/c10-9(11,12)5-3-1-2-4-6(5)14-8(13)15-7(4)16/h1-3H,(H3,13,14,15,16). The van der Waals surface area contributed by atoms with Gasteiger partial charge in [-0.05, 0) is 12.1 Å². The predicted octanol–water partition coefficient (Wildman–Crippen LogP) is 1.52.